The number of hydrogen-bond acceptors (Lipinski definition) is 4. The molecule has 3 fully saturated rings. The summed E-state index contributed by atoms with van der Waals surface area (Å²) in [4.78, 5) is 29.2. The normalized spacial score (nSPS) is 33.6. The second-order valence-electron chi connectivity index (χ2n) is 7.95. The van der Waals surface area contributed by atoms with Crippen molar-refractivity contribution < 1.29 is 9.59 Å². The Kier molecular flexibility index (Phi) is 5.58. The first kappa shape index (κ1) is 18.9. The van der Waals surface area contributed by atoms with Gasteiger partial charge in [0.1, 0.15) is 6.04 Å². The number of rotatable bonds is 1. The molecule has 1 aliphatic carbocycles. The van der Waals surface area contributed by atoms with Gasteiger partial charge >= 0.3 is 0 Å². The molecule has 0 radical (unpaired) electrons. The molecule has 0 bridgehead atoms. The van der Waals surface area contributed by atoms with Crippen LogP contribution < -0.4 is 5.73 Å². The van der Waals surface area contributed by atoms with Crippen LogP contribution in [-0.2, 0) is 9.59 Å². The van der Waals surface area contributed by atoms with Gasteiger partial charge in [-0.15, -0.1) is 24.2 Å². The molecule has 23 heavy (non-hydrogen) atoms. The van der Waals surface area contributed by atoms with Crippen molar-refractivity contribution in [1.29, 1.82) is 0 Å². The molecule has 132 valence electrons. The number of fused-ring (bicyclic) bond motifs is 1. The molecular formula is C16H28ClN3O2S. The van der Waals surface area contributed by atoms with Gasteiger partial charge in [-0.05, 0) is 24.7 Å². The van der Waals surface area contributed by atoms with E-state index in [1.807, 2.05) is 25.7 Å². The fourth-order valence-corrected chi connectivity index (χ4v) is 5.12. The quantitative estimate of drug-likeness (QED) is 0.769. The number of carbonyl (C=O) groups is 2. The maximum atomic E-state index is 12.9. The molecule has 4 unspecified atom stereocenters. The molecule has 0 spiro atoms. The first-order valence-corrected chi connectivity index (χ1v) is 9.37. The maximum Gasteiger partial charge on any atom is 0.246 e. The highest BCUT2D eigenvalue weighted by atomic mass is 35.5. The van der Waals surface area contributed by atoms with Crippen molar-refractivity contribution >= 4 is 36.0 Å². The minimum atomic E-state index is -0.437. The van der Waals surface area contributed by atoms with Crippen molar-refractivity contribution in [3.8, 4) is 0 Å². The molecule has 0 aromatic heterocycles. The Labute approximate surface area is 149 Å². The summed E-state index contributed by atoms with van der Waals surface area (Å²) in [6.07, 6.45) is 2.23. The third-order valence-electron chi connectivity index (χ3n) is 5.29. The summed E-state index contributed by atoms with van der Waals surface area (Å²) in [7, 11) is 0. The van der Waals surface area contributed by atoms with Crippen LogP contribution in [0.1, 0.15) is 33.6 Å². The Morgan fingerprint density at radius 2 is 1.87 bits per heavy atom. The van der Waals surface area contributed by atoms with E-state index in [1.165, 1.54) is 0 Å². The summed E-state index contributed by atoms with van der Waals surface area (Å²) < 4.78 is 0. The number of thioether (sulfide) groups is 1. The Morgan fingerprint density at radius 1 is 1.17 bits per heavy atom. The standard InChI is InChI=1S/C16H27N3O2S.ClH/c1-16(2,3)15(21)19-9-22-8-13(19)14(20)18-6-10-4-5-12(17)11(10)7-18;/h10-13H,4-9,17H2,1-3H3;1H. The Hall–Kier alpha value is -0.460. The minimum absolute atomic E-state index is 0. The summed E-state index contributed by atoms with van der Waals surface area (Å²) in [6, 6.07) is -0.0418. The van der Waals surface area contributed by atoms with Crippen molar-refractivity contribution in [2.24, 2.45) is 23.0 Å². The Bertz CT molecular complexity index is 482. The van der Waals surface area contributed by atoms with Crippen molar-refractivity contribution in [2.75, 3.05) is 24.7 Å². The average molecular weight is 362 g/mol. The molecule has 4 atom stereocenters. The first-order valence-electron chi connectivity index (χ1n) is 8.22. The van der Waals surface area contributed by atoms with E-state index < -0.39 is 5.41 Å². The molecule has 3 rings (SSSR count). The number of likely N-dealkylation sites (tertiary alicyclic amines) is 1. The third-order valence-corrected chi connectivity index (χ3v) is 6.31. The van der Waals surface area contributed by atoms with Gasteiger partial charge in [0.25, 0.3) is 0 Å². The zero-order valence-electron chi connectivity index (χ0n) is 14.2. The molecule has 2 heterocycles. The predicted molar refractivity (Wildman–Crippen MR) is 95.4 cm³/mol. The van der Waals surface area contributed by atoms with Gasteiger partial charge in [0.2, 0.25) is 11.8 Å². The highest BCUT2D eigenvalue weighted by Crippen LogP contribution is 2.38. The molecule has 2 aliphatic heterocycles. The predicted octanol–water partition coefficient (Wildman–Crippen LogP) is 1.55. The number of amides is 2. The molecule has 3 aliphatic rings. The van der Waals surface area contributed by atoms with Gasteiger partial charge in [-0.25, -0.2) is 0 Å². The Morgan fingerprint density at radius 3 is 2.48 bits per heavy atom. The van der Waals surface area contributed by atoms with Crippen LogP contribution in [0.4, 0.5) is 0 Å². The monoisotopic (exact) mass is 361 g/mol. The van der Waals surface area contributed by atoms with Gasteiger partial charge in [0.15, 0.2) is 0 Å². The van der Waals surface area contributed by atoms with Gasteiger partial charge in [-0.3, -0.25) is 9.59 Å². The van der Waals surface area contributed by atoms with Crippen LogP contribution in [0.5, 0.6) is 0 Å². The van der Waals surface area contributed by atoms with Crippen LogP contribution in [0.2, 0.25) is 0 Å². The zero-order valence-corrected chi connectivity index (χ0v) is 15.8. The first-order chi connectivity index (χ1) is 10.3. The summed E-state index contributed by atoms with van der Waals surface area (Å²) in [5.74, 6) is 2.59. The van der Waals surface area contributed by atoms with E-state index in [-0.39, 0.29) is 36.3 Å². The van der Waals surface area contributed by atoms with Crippen LogP contribution >= 0.6 is 24.2 Å². The van der Waals surface area contributed by atoms with E-state index in [0.29, 0.717) is 17.7 Å². The van der Waals surface area contributed by atoms with E-state index in [4.69, 9.17) is 5.73 Å². The van der Waals surface area contributed by atoms with E-state index in [0.717, 1.165) is 31.7 Å². The Balaban J connectivity index is 0.00000192. The molecular weight excluding hydrogens is 334 g/mol. The summed E-state index contributed by atoms with van der Waals surface area (Å²) >= 11 is 1.68. The van der Waals surface area contributed by atoms with Gasteiger partial charge in [0, 0.05) is 30.3 Å². The second kappa shape index (κ2) is 6.81. The van der Waals surface area contributed by atoms with Gasteiger partial charge in [-0.2, -0.15) is 0 Å². The number of carbonyl (C=O) groups excluding carboxylic acids is 2. The number of nitrogens with two attached hydrogens (primary N) is 1. The maximum absolute atomic E-state index is 12.9. The van der Waals surface area contributed by atoms with Crippen LogP contribution in [0.15, 0.2) is 0 Å². The lowest BCUT2D eigenvalue weighted by Crippen LogP contribution is -2.51. The molecule has 2 amide bonds. The van der Waals surface area contributed by atoms with Crippen LogP contribution in [0.25, 0.3) is 0 Å². The molecule has 5 nitrogen and oxygen atoms in total. The molecule has 0 aromatic carbocycles. The van der Waals surface area contributed by atoms with E-state index in [1.54, 1.807) is 16.7 Å². The van der Waals surface area contributed by atoms with Crippen molar-refractivity contribution in [3.63, 3.8) is 0 Å². The number of halogens is 1. The van der Waals surface area contributed by atoms with Gasteiger partial charge in [-0.1, -0.05) is 20.8 Å². The summed E-state index contributed by atoms with van der Waals surface area (Å²) in [5, 5.41) is 0. The third kappa shape index (κ3) is 3.49. The minimum Gasteiger partial charge on any atom is -0.340 e. The molecule has 1 saturated carbocycles. The smallest absolute Gasteiger partial charge is 0.246 e. The van der Waals surface area contributed by atoms with E-state index >= 15 is 0 Å². The SMILES string of the molecule is CC(C)(C)C(=O)N1CSCC1C(=O)N1CC2CCC(N)C2C1.Cl. The van der Waals surface area contributed by atoms with E-state index in [2.05, 4.69) is 0 Å². The topological polar surface area (TPSA) is 66.6 Å². The average Bonchev–Trinajstić information content (AvgIpc) is 3.13. The lowest BCUT2D eigenvalue weighted by atomic mass is 9.94. The second-order valence-corrected chi connectivity index (χ2v) is 8.95. The molecule has 2 N–H and O–H groups in total. The zero-order chi connectivity index (χ0) is 16.1. The van der Waals surface area contributed by atoms with Gasteiger partial charge < -0.3 is 15.5 Å². The lowest BCUT2D eigenvalue weighted by Gasteiger charge is -2.32. The summed E-state index contributed by atoms with van der Waals surface area (Å²) in [5.41, 5.74) is 5.72. The summed E-state index contributed by atoms with van der Waals surface area (Å²) in [6.45, 7) is 7.36. The number of nitrogens with zero attached hydrogens (tertiary/aromatic N) is 2. The van der Waals surface area contributed by atoms with Crippen molar-refractivity contribution in [3.05, 3.63) is 0 Å². The van der Waals surface area contributed by atoms with Crippen molar-refractivity contribution in [1.82, 2.24) is 9.80 Å². The molecule has 0 aromatic rings. The lowest BCUT2D eigenvalue weighted by molar-refractivity contribution is -0.147. The largest absolute Gasteiger partial charge is 0.340 e. The van der Waals surface area contributed by atoms with Gasteiger partial charge in [0.05, 0.1) is 5.88 Å². The highest BCUT2D eigenvalue weighted by Gasteiger charge is 2.46. The molecule has 7 heteroatoms. The van der Waals surface area contributed by atoms with Crippen LogP contribution in [0.3, 0.4) is 0 Å². The number of hydrogen-bond donors (Lipinski definition) is 1. The fourth-order valence-electron chi connectivity index (χ4n) is 3.98. The fraction of sp³-hybridized carbons (Fsp3) is 0.875. The van der Waals surface area contributed by atoms with E-state index in [9.17, 15) is 9.59 Å². The highest BCUT2D eigenvalue weighted by molar-refractivity contribution is 7.99. The van der Waals surface area contributed by atoms with Crippen LogP contribution in [0, 0.1) is 17.3 Å². The van der Waals surface area contributed by atoms with Crippen LogP contribution in [-0.4, -0.2) is 58.4 Å². The van der Waals surface area contributed by atoms with Crippen molar-refractivity contribution in [2.45, 2.75) is 45.7 Å². The molecule has 2 saturated heterocycles.